The van der Waals surface area contributed by atoms with Gasteiger partial charge in [0.15, 0.2) is 0 Å². The topological polar surface area (TPSA) is 68.3 Å². The Bertz CT molecular complexity index is 1030. The van der Waals surface area contributed by atoms with Crippen molar-refractivity contribution >= 4 is 40.2 Å². The first-order chi connectivity index (χ1) is 13.5. The number of pyridine rings is 1. The minimum atomic E-state index is -0.431. The number of benzene rings is 2. The fourth-order valence-corrected chi connectivity index (χ4v) is 3.83. The molecule has 5 nitrogen and oxygen atoms in total. The monoisotopic (exact) mass is 394 g/mol. The number of carbonyl (C=O) groups excluding carboxylic acids is 2. The van der Waals surface area contributed by atoms with Crippen LogP contribution in [0.15, 0.2) is 53.6 Å². The summed E-state index contributed by atoms with van der Waals surface area (Å²) in [6.45, 7) is 4.13. The van der Waals surface area contributed by atoms with Crippen LogP contribution in [0.1, 0.15) is 27.9 Å². The number of anilines is 1. The van der Waals surface area contributed by atoms with Crippen molar-refractivity contribution in [1.82, 2.24) is 4.98 Å². The van der Waals surface area contributed by atoms with E-state index in [1.54, 1.807) is 36.0 Å². The predicted molar refractivity (Wildman–Crippen MR) is 113 cm³/mol. The third kappa shape index (κ3) is 4.70. The third-order valence-corrected chi connectivity index (χ3v) is 5.28. The number of rotatable bonds is 6. The molecule has 1 aromatic heterocycles. The molecule has 144 valence electrons. The van der Waals surface area contributed by atoms with E-state index >= 15 is 0 Å². The molecule has 0 saturated carbocycles. The highest BCUT2D eigenvalue weighted by Crippen LogP contribution is 2.26. The van der Waals surface area contributed by atoms with Crippen molar-refractivity contribution in [3.05, 3.63) is 65.2 Å². The normalized spacial score (nSPS) is 10.7. The van der Waals surface area contributed by atoms with Crippen LogP contribution in [-0.4, -0.2) is 29.7 Å². The summed E-state index contributed by atoms with van der Waals surface area (Å²) >= 11 is 1.56. The number of para-hydroxylation sites is 1. The number of aromatic nitrogens is 1. The van der Waals surface area contributed by atoms with Crippen molar-refractivity contribution in [3.63, 3.8) is 0 Å². The summed E-state index contributed by atoms with van der Waals surface area (Å²) in [6, 6.07) is 14.9. The average molecular weight is 394 g/mol. The van der Waals surface area contributed by atoms with Gasteiger partial charge in [0, 0.05) is 23.2 Å². The maximum Gasteiger partial charge on any atom is 0.337 e. The van der Waals surface area contributed by atoms with Crippen molar-refractivity contribution < 1.29 is 14.3 Å². The molecule has 0 atom stereocenters. The Morgan fingerprint density at radius 2 is 1.86 bits per heavy atom. The standard InChI is InChI=1S/C22H22N2O3S/c1-14-6-4-9-18-15(2)12-20(24-21(14)18)28-11-10-19(25)23-17-8-5-7-16(13-17)22(26)27-3/h4-9,12-13H,10-11H2,1-3H3,(H,23,25). The van der Waals surface area contributed by atoms with Crippen molar-refractivity contribution in [2.24, 2.45) is 0 Å². The predicted octanol–water partition coefficient (Wildman–Crippen LogP) is 4.76. The summed E-state index contributed by atoms with van der Waals surface area (Å²) in [5, 5.41) is 4.89. The van der Waals surface area contributed by atoms with Gasteiger partial charge in [-0.25, -0.2) is 9.78 Å². The second kappa shape index (κ2) is 8.89. The number of thioether (sulfide) groups is 1. The number of ether oxygens (including phenoxy) is 1. The Kier molecular flexibility index (Phi) is 6.31. The molecule has 0 bridgehead atoms. The minimum Gasteiger partial charge on any atom is -0.465 e. The summed E-state index contributed by atoms with van der Waals surface area (Å²) in [5.41, 5.74) is 4.31. The molecule has 28 heavy (non-hydrogen) atoms. The van der Waals surface area contributed by atoms with E-state index in [9.17, 15) is 9.59 Å². The highest BCUT2D eigenvalue weighted by molar-refractivity contribution is 7.99. The lowest BCUT2D eigenvalue weighted by atomic mass is 10.1. The molecule has 0 fully saturated rings. The van der Waals surface area contributed by atoms with E-state index in [0.717, 1.165) is 21.5 Å². The zero-order valence-corrected chi connectivity index (χ0v) is 16.9. The Morgan fingerprint density at radius 3 is 2.64 bits per heavy atom. The second-order valence-corrected chi connectivity index (χ2v) is 7.58. The van der Waals surface area contributed by atoms with E-state index in [0.29, 0.717) is 23.4 Å². The number of hydrogen-bond acceptors (Lipinski definition) is 5. The number of methoxy groups -OCH3 is 1. The van der Waals surface area contributed by atoms with Gasteiger partial charge in [-0.3, -0.25) is 4.79 Å². The summed E-state index contributed by atoms with van der Waals surface area (Å²) in [5.74, 6) is 0.0784. The molecule has 0 saturated heterocycles. The molecule has 1 amide bonds. The number of nitrogens with zero attached hydrogens (tertiary/aromatic N) is 1. The largest absolute Gasteiger partial charge is 0.465 e. The molecule has 6 heteroatoms. The number of fused-ring (bicyclic) bond motifs is 1. The number of carbonyl (C=O) groups is 2. The molecule has 0 spiro atoms. The molecule has 0 aliphatic heterocycles. The first kappa shape index (κ1) is 19.9. The smallest absolute Gasteiger partial charge is 0.337 e. The maximum atomic E-state index is 12.2. The van der Waals surface area contributed by atoms with Crippen LogP contribution < -0.4 is 5.32 Å². The summed E-state index contributed by atoms with van der Waals surface area (Å²) < 4.78 is 4.70. The SMILES string of the molecule is COC(=O)c1cccc(NC(=O)CCSc2cc(C)c3cccc(C)c3n2)c1. The van der Waals surface area contributed by atoms with Gasteiger partial charge in [0.1, 0.15) is 0 Å². The van der Waals surface area contributed by atoms with Crippen molar-refractivity contribution in [2.45, 2.75) is 25.3 Å². The van der Waals surface area contributed by atoms with Gasteiger partial charge >= 0.3 is 5.97 Å². The molecule has 0 aliphatic carbocycles. The first-order valence-corrected chi connectivity index (χ1v) is 9.94. The van der Waals surface area contributed by atoms with E-state index in [2.05, 4.69) is 37.4 Å². The summed E-state index contributed by atoms with van der Waals surface area (Å²) in [4.78, 5) is 28.5. The number of esters is 1. The van der Waals surface area contributed by atoms with Crippen LogP contribution in [-0.2, 0) is 9.53 Å². The first-order valence-electron chi connectivity index (χ1n) is 8.96. The lowest BCUT2D eigenvalue weighted by molar-refractivity contribution is -0.115. The van der Waals surface area contributed by atoms with Gasteiger partial charge in [0.05, 0.1) is 23.2 Å². The molecule has 1 heterocycles. The van der Waals surface area contributed by atoms with Crippen LogP contribution in [0, 0.1) is 13.8 Å². The van der Waals surface area contributed by atoms with Crippen molar-refractivity contribution in [1.29, 1.82) is 0 Å². The van der Waals surface area contributed by atoms with Crippen LogP contribution >= 0.6 is 11.8 Å². The number of hydrogen-bond donors (Lipinski definition) is 1. The van der Waals surface area contributed by atoms with Crippen LogP contribution in [0.25, 0.3) is 10.9 Å². The van der Waals surface area contributed by atoms with E-state index in [-0.39, 0.29) is 5.91 Å². The molecule has 0 unspecified atom stereocenters. The molecule has 3 aromatic rings. The van der Waals surface area contributed by atoms with E-state index in [4.69, 9.17) is 9.72 Å². The fourth-order valence-electron chi connectivity index (χ4n) is 2.92. The minimum absolute atomic E-state index is 0.108. The molecule has 2 aromatic carbocycles. The van der Waals surface area contributed by atoms with Gasteiger partial charge in [-0.15, -0.1) is 11.8 Å². The van der Waals surface area contributed by atoms with E-state index in [1.165, 1.54) is 12.7 Å². The van der Waals surface area contributed by atoms with Gasteiger partial charge < -0.3 is 10.1 Å². The van der Waals surface area contributed by atoms with Crippen LogP contribution in [0.4, 0.5) is 5.69 Å². The van der Waals surface area contributed by atoms with Crippen LogP contribution in [0.2, 0.25) is 0 Å². The highest BCUT2D eigenvalue weighted by Gasteiger charge is 2.09. The molecule has 0 aliphatic rings. The van der Waals surface area contributed by atoms with Gasteiger partial charge in [0.2, 0.25) is 5.91 Å². The molecular weight excluding hydrogens is 372 g/mol. The van der Waals surface area contributed by atoms with Gasteiger partial charge in [-0.1, -0.05) is 24.3 Å². The van der Waals surface area contributed by atoms with Gasteiger partial charge in [0.25, 0.3) is 0 Å². The maximum absolute atomic E-state index is 12.2. The van der Waals surface area contributed by atoms with Gasteiger partial charge in [-0.05, 0) is 49.2 Å². The van der Waals surface area contributed by atoms with E-state index < -0.39 is 5.97 Å². The van der Waals surface area contributed by atoms with Crippen LogP contribution in [0.3, 0.4) is 0 Å². The highest BCUT2D eigenvalue weighted by atomic mass is 32.2. The quantitative estimate of drug-likeness (QED) is 0.482. The summed E-state index contributed by atoms with van der Waals surface area (Å²) in [7, 11) is 1.33. The van der Waals surface area contributed by atoms with Crippen molar-refractivity contribution in [3.8, 4) is 0 Å². The average Bonchev–Trinajstić information content (AvgIpc) is 2.68. The Hall–Kier alpha value is -2.86. The Labute approximate surface area is 168 Å². The number of amides is 1. The zero-order chi connectivity index (χ0) is 20.1. The molecule has 0 radical (unpaired) electrons. The molecule has 3 rings (SSSR count). The fraction of sp³-hybridized carbons (Fsp3) is 0.227. The lowest BCUT2D eigenvalue weighted by Crippen LogP contribution is -2.13. The number of nitrogens with one attached hydrogen (secondary N) is 1. The molecular formula is C22H22N2O3S. The van der Waals surface area contributed by atoms with E-state index in [1.807, 2.05) is 6.07 Å². The summed E-state index contributed by atoms with van der Waals surface area (Å²) in [6.07, 6.45) is 0.347. The van der Waals surface area contributed by atoms with Crippen LogP contribution in [0.5, 0.6) is 0 Å². The Morgan fingerprint density at radius 1 is 1.07 bits per heavy atom. The van der Waals surface area contributed by atoms with Crippen molar-refractivity contribution in [2.75, 3.05) is 18.2 Å². The molecule has 1 N–H and O–H groups in total. The number of aryl methyl sites for hydroxylation is 2. The zero-order valence-electron chi connectivity index (χ0n) is 16.1. The Balaban J connectivity index is 1.59. The third-order valence-electron chi connectivity index (χ3n) is 4.37. The second-order valence-electron chi connectivity index (χ2n) is 6.47. The lowest BCUT2D eigenvalue weighted by Gasteiger charge is -2.09. The van der Waals surface area contributed by atoms with Gasteiger partial charge in [-0.2, -0.15) is 0 Å².